The Balaban J connectivity index is 1.90. The number of aliphatic hydroxyl groups is 4. The lowest BCUT2D eigenvalue weighted by Gasteiger charge is -2.53. The molecule has 0 saturated carbocycles. The average Bonchev–Trinajstić information content (AvgIpc) is 2.86. The van der Waals surface area contributed by atoms with Crippen molar-refractivity contribution in [3.8, 4) is 5.75 Å². The summed E-state index contributed by atoms with van der Waals surface area (Å²) in [5.74, 6) is -12.8. The molecule has 15 nitrogen and oxygen atoms in total. The second-order valence-electron chi connectivity index (χ2n) is 10.7. The minimum Gasteiger partial charge on any atom is -0.510 e. The number of anilines is 1. The zero-order valence-corrected chi connectivity index (χ0v) is 22.2. The molecule has 0 aliphatic heterocycles. The summed E-state index contributed by atoms with van der Waals surface area (Å²) in [4.78, 5) is 63.9. The lowest BCUT2D eigenvalue weighted by molar-refractivity contribution is -0.162. The molecule has 4 rings (SSSR count). The van der Waals surface area contributed by atoms with Crippen LogP contribution in [0.25, 0.3) is 0 Å². The molecular formula is C26H30N4O11. The van der Waals surface area contributed by atoms with Gasteiger partial charge in [0.25, 0.3) is 5.91 Å². The molecule has 7 atom stereocenters. The van der Waals surface area contributed by atoms with Gasteiger partial charge in [-0.3, -0.25) is 28.9 Å². The van der Waals surface area contributed by atoms with Crippen molar-refractivity contribution in [2.75, 3.05) is 19.4 Å². The summed E-state index contributed by atoms with van der Waals surface area (Å²) >= 11 is 0. The normalized spacial score (nSPS) is 30.0. The van der Waals surface area contributed by atoms with Crippen molar-refractivity contribution in [2.24, 2.45) is 23.3 Å². The van der Waals surface area contributed by atoms with Crippen LogP contribution in [0.15, 0.2) is 34.8 Å². The van der Waals surface area contributed by atoms with Gasteiger partial charge < -0.3 is 47.4 Å². The first-order valence-corrected chi connectivity index (χ1v) is 12.4. The monoisotopic (exact) mass is 574 g/mol. The van der Waals surface area contributed by atoms with E-state index in [1.807, 2.05) is 0 Å². The average molecular weight is 575 g/mol. The highest BCUT2D eigenvalue weighted by Crippen LogP contribution is 2.56. The van der Waals surface area contributed by atoms with Crippen molar-refractivity contribution >= 4 is 35.0 Å². The van der Waals surface area contributed by atoms with Crippen molar-refractivity contribution in [3.63, 3.8) is 0 Å². The molecule has 0 spiro atoms. The summed E-state index contributed by atoms with van der Waals surface area (Å²) in [5.41, 5.74) is 5.62. The van der Waals surface area contributed by atoms with Crippen molar-refractivity contribution in [3.05, 3.63) is 45.9 Å². The van der Waals surface area contributed by atoms with Gasteiger partial charge in [0.2, 0.25) is 11.7 Å². The van der Waals surface area contributed by atoms with Crippen LogP contribution >= 0.6 is 0 Å². The van der Waals surface area contributed by atoms with Crippen LogP contribution in [0.2, 0.25) is 0 Å². The Bertz CT molecular complexity index is 1470. The number of carbonyl (C=O) groups is 5. The number of aromatic hydroxyl groups is 1. The Morgan fingerprint density at radius 2 is 1.76 bits per heavy atom. The number of aliphatic carboxylic acids is 1. The highest BCUT2D eigenvalue weighted by molar-refractivity contribution is 6.25. The first-order chi connectivity index (χ1) is 19.0. The molecule has 2 amide bonds. The van der Waals surface area contributed by atoms with E-state index in [1.165, 1.54) is 31.1 Å². The molecule has 3 aliphatic carbocycles. The number of carboxylic acid groups (broad SMARTS) is 1. The molecule has 220 valence electrons. The van der Waals surface area contributed by atoms with Gasteiger partial charge in [0, 0.05) is 11.5 Å². The van der Waals surface area contributed by atoms with Gasteiger partial charge in [-0.25, -0.2) is 0 Å². The van der Waals surface area contributed by atoms with E-state index in [4.69, 9.17) is 16.6 Å². The number of nitrogens with one attached hydrogen (secondary N) is 1. The maximum atomic E-state index is 13.8. The van der Waals surface area contributed by atoms with Gasteiger partial charge in [-0.05, 0) is 31.6 Å². The maximum Gasteiger partial charge on any atom is 0.305 e. The Morgan fingerprint density at radius 3 is 2.29 bits per heavy atom. The molecule has 41 heavy (non-hydrogen) atoms. The molecule has 1 aromatic rings. The highest BCUT2D eigenvalue weighted by Gasteiger charge is 2.67. The third kappa shape index (κ3) is 4.16. The molecule has 5 unspecified atom stereocenters. The van der Waals surface area contributed by atoms with E-state index in [9.17, 15) is 49.5 Å². The number of likely N-dealkylation sites (N-methyl/N-ethyl adjacent to an activating group) is 1. The van der Waals surface area contributed by atoms with Gasteiger partial charge in [-0.15, -0.1) is 0 Å². The Labute approximate surface area is 232 Å². The summed E-state index contributed by atoms with van der Waals surface area (Å²) in [6.45, 7) is 1.55. The van der Waals surface area contributed by atoms with Crippen LogP contribution in [0, 0.1) is 11.8 Å². The number of phenols is 1. The Morgan fingerprint density at radius 1 is 1.15 bits per heavy atom. The largest absolute Gasteiger partial charge is 0.510 e. The van der Waals surface area contributed by atoms with E-state index in [1.54, 1.807) is 6.92 Å². The number of carbonyl (C=O) groups excluding carboxylic acids is 4. The summed E-state index contributed by atoms with van der Waals surface area (Å²) in [5, 5.41) is 67.6. The number of phenolic OH excluding ortho intramolecular Hbond substituents is 1. The van der Waals surface area contributed by atoms with E-state index in [0.29, 0.717) is 0 Å². The number of Topliss-reactive ketones (excluding diaryl/α,β-unsaturated/α-hetero) is 2. The fourth-order valence-electron chi connectivity index (χ4n) is 6.23. The quantitative estimate of drug-likeness (QED) is 0.137. The van der Waals surface area contributed by atoms with Crippen LogP contribution in [-0.2, 0) is 19.2 Å². The number of ketones is 2. The van der Waals surface area contributed by atoms with Crippen molar-refractivity contribution in [2.45, 2.75) is 43.1 Å². The number of fused-ring (bicyclic) bond motifs is 3. The number of benzene rings is 1. The fourth-order valence-corrected chi connectivity index (χ4v) is 6.23. The maximum absolute atomic E-state index is 13.8. The molecule has 1 aromatic carbocycles. The van der Waals surface area contributed by atoms with E-state index in [0.717, 1.165) is 0 Å². The lowest BCUT2D eigenvalue weighted by Crippen LogP contribution is -2.68. The van der Waals surface area contributed by atoms with Crippen LogP contribution in [0.3, 0.4) is 0 Å². The second-order valence-corrected chi connectivity index (χ2v) is 10.7. The SMILES string of the molecule is CC1c2ccc(NC(=O)[C@@H](N)CC(=O)O)c(O)c2C(=O)C2=C(O)C3(O)C(=O)C(C(N)=O)=C(O)[C@@H](N(C)C)C3C(O)C21. The van der Waals surface area contributed by atoms with Gasteiger partial charge in [0.15, 0.2) is 17.1 Å². The summed E-state index contributed by atoms with van der Waals surface area (Å²) in [6.07, 6.45) is -2.46. The number of rotatable bonds is 6. The molecule has 0 radical (unpaired) electrons. The fraction of sp³-hybridized carbons (Fsp3) is 0.423. The van der Waals surface area contributed by atoms with Gasteiger partial charge in [0.05, 0.1) is 41.8 Å². The zero-order chi connectivity index (χ0) is 30.9. The predicted molar refractivity (Wildman–Crippen MR) is 139 cm³/mol. The van der Waals surface area contributed by atoms with Crippen molar-refractivity contribution < 1.29 is 54.6 Å². The minimum atomic E-state index is -3.06. The molecule has 0 saturated heterocycles. The lowest BCUT2D eigenvalue weighted by atomic mass is 9.55. The van der Waals surface area contributed by atoms with Gasteiger partial charge in [-0.2, -0.15) is 0 Å². The molecule has 0 fully saturated rings. The van der Waals surface area contributed by atoms with E-state index < -0.39 is 111 Å². The van der Waals surface area contributed by atoms with Crippen LogP contribution in [0.4, 0.5) is 5.69 Å². The first kappa shape index (κ1) is 29.7. The molecule has 3 aliphatic rings. The van der Waals surface area contributed by atoms with Gasteiger partial charge >= 0.3 is 5.97 Å². The number of carboxylic acids is 1. The summed E-state index contributed by atoms with van der Waals surface area (Å²) < 4.78 is 0. The Hall–Kier alpha value is -4.31. The van der Waals surface area contributed by atoms with E-state index >= 15 is 0 Å². The van der Waals surface area contributed by atoms with Crippen LogP contribution < -0.4 is 16.8 Å². The minimum absolute atomic E-state index is 0.188. The number of hydrogen-bond acceptors (Lipinski definition) is 12. The van der Waals surface area contributed by atoms with Crippen LogP contribution in [0.5, 0.6) is 5.75 Å². The summed E-state index contributed by atoms with van der Waals surface area (Å²) in [7, 11) is 2.86. The number of nitrogens with zero attached hydrogens (tertiary/aromatic N) is 1. The first-order valence-electron chi connectivity index (χ1n) is 12.4. The van der Waals surface area contributed by atoms with Gasteiger partial charge in [-0.1, -0.05) is 13.0 Å². The van der Waals surface area contributed by atoms with E-state index in [2.05, 4.69) is 5.32 Å². The topological polar surface area (TPSA) is 274 Å². The van der Waals surface area contributed by atoms with Gasteiger partial charge in [0.1, 0.15) is 17.1 Å². The van der Waals surface area contributed by atoms with E-state index in [-0.39, 0.29) is 11.3 Å². The Kier molecular flexibility index (Phi) is 7.20. The van der Waals surface area contributed by atoms with Crippen molar-refractivity contribution in [1.29, 1.82) is 0 Å². The zero-order valence-electron chi connectivity index (χ0n) is 22.2. The second kappa shape index (κ2) is 9.95. The number of nitrogens with two attached hydrogens (primary N) is 2. The summed E-state index contributed by atoms with van der Waals surface area (Å²) in [6, 6.07) is -0.262. The smallest absolute Gasteiger partial charge is 0.305 e. The third-order valence-corrected chi connectivity index (χ3v) is 8.12. The molecule has 0 heterocycles. The van der Waals surface area contributed by atoms with Crippen LogP contribution in [0.1, 0.15) is 35.2 Å². The standard InChI is InChI=1S/C26H30N4O11/c1-7-8-4-5-10(29-25(40)9(27)6-11(31)32)18(33)13(8)19(34)14-12(7)20(35)16-17(30(2)3)21(36)15(24(28)39)23(38)26(16,41)22(14)37/h4-5,7,9,12,16-17,20,33,35-37,41H,6,27H2,1-3H3,(H2,28,39)(H,29,40)(H,31,32)/t7?,9-,12?,16?,17-,20?,26?/m0/s1. The molecule has 0 aromatic heterocycles. The molecule has 0 bridgehead atoms. The predicted octanol–water partition coefficient (Wildman–Crippen LogP) is -1.61. The number of amides is 2. The molecule has 15 heteroatoms. The number of aliphatic hydroxyl groups excluding tert-OH is 3. The third-order valence-electron chi connectivity index (χ3n) is 8.12. The highest BCUT2D eigenvalue weighted by atomic mass is 16.4. The van der Waals surface area contributed by atoms with Crippen molar-refractivity contribution in [1.82, 2.24) is 4.90 Å². The van der Waals surface area contributed by atoms with Crippen LogP contribution in [-0.4, -0.2) is 103 Å². The number of primary amides is 1. The number of hydrogen-bond donors (Lipinski definition) is 9. The molecular weight excluding hydrogens is 544 g/mol. The molecule has 11 N–H and O–H groups in total.